The number of halogens is 1. The van der Waals surface area contributed by atoms with Gasteiger partial charge < -0.3 is 14.2 Å². The fourth-order valence-electron chi connectivity index (χ4n) is 3.29. The van der Waals surface area contributed by atoms with E-state index in [0.29, 0.717) is 30.2 Å². The Morgan fingerprint density at radius 2 is 2.21 bits per heavy atom. The van der Waals surface area contributed by atoms with E-state index in [1.807, 2.05) is 30.9 Å². The van der Waals surface area contributed by atoms with Crippen LogP contribution in [0.15, 0.2) is 16.7 Å². The van der Waals surface area contributed by atoms with E-state index in [2.05, 4.69) is 5.16 Å². The fourth-order valence-corrected chi connectivity index (χ4v) is 3.54. The standard InChI is InChI=1S/C18H21ClN2O3/c1-11-13(12(2)24-20-11)6-9-17(22)21-10-4-5-14-15(19)7-8-16(23-3)18(14)21/h7-8H,4-6,9-10H2,1-3H3. The van der Waals surface area contributed by atoms with Gasteiger partial charge in [0.15, 0.2) is 0 Å². The minimum absolute atomic E-state index is 0.0662. The molecule has 2 heterocycles. The van der Waals surface area contributed by atoms with Crippen molar-refractivity contribution in [2.24, 2.45) is 0 Å². The van der Waals surface area contributed by atoms with Gasteiger partial charge in [-0.05, 0) is 50.8 Å². The normalized spacial score (nSPS) is 13.8. The summed E-state index contributed by atoms with van der Waals surface area (Å²) in [6.45, 7) is 4.46. The van der Waals surface area contributed by atoms with Crippen molar-refractivity contribution in [2.45, 2.75) is 39.5 Å². The molecule has 0 unspecified atom stereocenters. The number of fused-ring (bicyclic) bond motifs is 1. The summed E-state index contributed by atoms with van der Waals surface area (Å²) in [4.78, 5) is 14.6. The van der Waals surface area contributed by atoms with Crippen molar-refractivity contribution in [2.75, 3.05) is 18.6 Å². The lowest BCUT2D eigenvalue weighted by atomic mass is 9.99. The second kappa shape index (κ2) is 6.85. The van der Waals surface area contributed by atoms with Crippen LogP contribution in [-0.2, 0) is 17.6 Å². The minimum atomic E-state index is 0.0662. The van der Waals surface area contributed by atoms with Crippen LogP contribution in [0.4, 0.5) is 5.69 Å². The molecular weight excluding hydrogens is 328 g/mol. The molecule has 3 rings (SSSR count). The maximum atomic E-state index is 12.8. The largest absolute Gasteiger partial charge is 0.495 e. The van der Waals surface area contributed by atoms with Crippen LogP contribution in [0.3, 0.4) is 0 Å². The number of carbonyl (C=O) groups excluding carboxylic acids is 1. The molecule has 6 heteroatoms. The van der Waals surface area contributed by atoms with Crippen molar-refractivity contribution < 1.29 is 14.1 Å². The highest BCUT2D eigenvalue weighted by Gasteiger charge is 2.27. The monoisotopic (exact) mass is 348 g/mol. The number of hydrogen-bond acceptors (Lipinski definition) is 4. The van der Waals surface area contributed by atoms with Crippen molar-refractivity contribution in [3.05, 3.63) is 39.7 Å². The van der Waals surface area contributed by atoms with Gasteiger partial charge in [-0.1, -0.05) is 16.8 Å². The van der Waals surface area contributed by atoms with Gasteiger partial charge in [0.1, 0.15) is 11.5 Å². The number of anilines is 1. The first-order valence-electron chi connectivity index (χ1n) is 8.10. The Labute approximate surface area is 146 Å². The van der Waals surface area contributed by atoms with Crippen LogP contribution < -0.4 is 9.64 Å². The summed E-state index contributed by atoms with van der Waals surface area (Å²) in [5, 5.41) is 4.63. The molecule has 1 aliphatic rings. The summed E-state index contributed by atoms with van der Waals surface area (Å²) < 4.78 is 10.6. The van der Waals surface area contributed by atoms with Gasteiger partial charge in [0, 0.05) is 23.6 Å². The van der Waals surface area contributed by atoms with Crippen LogP contribution >= 0.6 is 11.6 Å². The minimum Gasteiger partial charge on any atom is -0.495 e. The van der Waals surface area contributed by atoms with E-state index in [9.17, 15) is 4.79 Å². The van der Waals surface area contributed by atoms with Crippen molar-refractivity contribution in [1.82, 2.24) is 5.16 Å². The Balaban J connectivity index is 1.84. The average molecular weight is 349 g/mol. The molecule has 5 nitrogen and oxygen atoms in total. The molecule has 0 N–H and O–H groups in total. The summed E-state index contributed by atoms with van der Waals surface area (Å²) in [5.74, 6) is 1.54. The van der Waals surface area contributed by atoms with E-state index >= 15 is 0 Å². The number of carbonyl (C=O) groups is 1. The number of benzene rings is 1. The summed E-state index contributed by atoms with van der Waals surface area (Å²) in [6.07, 6.45) is 2.78. The third-order valence-electron chi connectivity index (χ3n) is 4.56. The molecule has 0 fully saturated rings. The van der Waals surface area contributed by atoms with Gasteiger partial charge in [0.2, 0.25) is 5.91 Å². The van der Waals surface area contributed by atoms with Crippen molar-refractivity contribution in [3.63, 3.8) is 0 Å². The second-order valence-corrected chi connectivity index (χ2v) is 6.44. The molecular formula is C18H21ClN2O3. The van der Waals surface area contributed by atoms with E-state index in [-0.39, 0.29) is 5.91 Å². The molecule has 1 amide bonds. The maximum absolute atomic E-state index is 12.8. The van der Waals surface area contributed by atoms with E-state index in [1.54, 1.807) is 7.11 Å². The molecule has 128 valence electrons. The van der Waals surface area contributed by atoms with Gasteiger partial charge >= 0.3 is 0 Å². The van der Waals surface area contributed by atoms with Gasteiger partial charge in [0.05, 0.1) is 18.5 Å². The van der Waals surface area contributed by atoms with Crippen LogP contribution in [0.2, 0.25) is 5.02 Å². The van der Waals surface area contributed by atoms with Gasteiger partial charge in [-0.15, -0.1) is 0 Å². The molecule has 0 saturated heterocycles. The maximum Gasteiger partial charge on any atom is 0.227 e. The number of ether oxygens (including phenoxy) is 1. The number of hydrogen-bond donors (Lipinski definition) is 0. The number of methoxy groups -OCH3 is 1. The summed E-state index contributed by atoms with van der Waals surface area (Å²) in [7, 11) is 1.62. The molecule has 1 aromatic heterocycles. The van der Waals surface area contributed by atoms with Gasteiger partial charge in [-0.2, -0.15) is 0 Å². The number of nitrogens with zero attached hydrogens (tertiary/aromatic N) is 2. The van der Waals surface area contributed by atoms with Gasteiger partial charge in [-0.3, -0.25) is 4.79 Å². The molecule has 0 aliphatic carbocycles. The first-order valence-corrected chi connectivity index (χ1v) is 8.48. The zero-order chi connectivity index (χ0) is 17.3. The quantitative estimate of drug-likeness (QED) is 0.841. The van der Waals surface area contributed by atoms with E-state index < -0.39 is 0 Å². The topological polar surface area (TPSA) is 55.6 Å². The van der Waals surface area contributed by atoms with Crippen LogP contribution in [-0.4, -0.2) is 24.7 Å². The number of aryl methyl sites for hydroxylation is 2. The highest BCUT2D eigenvalue weighted by atomic mass is 35.5. The van der Waals surface area contributed by atoms with Crippen molar-refractivity contribution in [1.29, 1.82) is 0 Å². The first-order chi connectivity index (χ1) is 11.5. The predicted molar refractivity (Wildman–Crippen MR) is 93.0 cm³/mol. The molecule has 0 radical (unpaired) electrons. The van der Waals surface area contributed by atoms with Gasteiger partial charge in [0.25, 0.3) is 0 Å². The van der Waals surface area contributed by atoms with Crippen molar-refractivity contribution >= 4 is 23.2 Å². The molecule has 0 saturated carbocycles. The van der Waals surface area contributed by atoms with E-state index in [0.717, 1.165) is 41.1 Å². The Bertz CT molecular complexity index is 750. The van der Waals surface area contributed by atoms with Crippen LogP contribution in [0.1, 0.15) is 35.4 Å². The smallest absolute Gasteiger partial charge is 0.227 e. The Hall–Kier alpha value is -2.01. The van der Waals surface area contributed by atoms with E-state index in [4.69, 9.17) is 20.9 Å². The van der Waals surface area contributed by atoms with Crippen LogP contribution in [0, 0.1) is 13.8 Å². The highest BCUT2D eigenvalue weighted by Crippen LogP contribution is 2.40. The molecule has 1 aromatic carbocycles. The lowest BCUT2D eigenvalue weighted by Gasteiger charge is -2.31. The molecule has 0 atom stereocenters. The van der Waals surface area contributed by atoms with Crippen LogP contribution in [0.25, 0.3) is 0 Å². The summed E-state index contributed by atoms with van der Waals surface area (Å²) in [6, 6.07) is 3.65. The third kappa shape index (κ3) is 3.00. The zero-order valence-electron chi connectivity index (χ0n) is 14.2. The lowest BCUT2D eigenvalue weighted by Crippen LogP contribution is -2.36. The molecule has 1 aliphatic heterocycles. The average Bonchev–Trinajstić information content (AvgIpc) is 2.91. The van der Waals surface area contributed by atoms with Gasteiger partial charge in [-0.25, -0.2) is 0 Å². The first kappa shape index (κ1) is 16.8. The van der Waals surface area contributed by atoms with Crippen molar-refractivity contribution in [3.8, 4) is 5.75 Å². The number of rotatable bonds is 4. The summed E-state index contributed by atoms with van der Waals surface area (Å²) >= 11 is 6.33. The second-order valence-electron chi connectivity index (χ2n) is 6.03. The molecule has 24 heavy (non-hydrogen) atoms. The number of amides is 1. The zero-order valence-corrected chi connectivity index (χ0v) is 14.9. The Morgan fingerprint density at radius 3 is 2.88 bits per heavy atom. The molecule has 2 aromatic rings. The molecule has 0 spiro atoms. The number of aromatic nitrogens is 1. The highest BCUT2D eigenvalue weighted by molar-refractivity contribution is 6.32. The fraction of sp³-hybridized carbons (Fsp3) is 0.444. The third-order valence-corrected chi connectivity index (χ3v) is 4.91. The summed E-state index contributed by atoms with van der Waals surface area (Å²) in [5.41, 5.74) is 3.67. The predicted octanol–water partition coefficient (Wildman–Crippen LogP) is 3.87. The SMILES string of the molecule is COc1ccc(Cl)c2c1N(C(=O)CCc1c(C)noc1C)CCC2. The Kier molecular flexibility index (Phi) is 4.81. The Morgan fingerprint density at radius 1 is 1.42 bits per heavy atom. The lowest BCUT2D eigenvalue weighted by molar-refractivity contribution is -0.118. The molecule has 0 bridgehead atoms. The van der Waals surface area contributed by atoms with E-state index in [1.165, 1.54) is 0 Å². The van der Waals surface area contributed by atoms with Crippen LogP contribution in [0.5, 0.6) is 5.75 Å².